The summed E-state index contributed by atoms with van der Waals surface area (Å²) in [6.45, 7) is 4.48. The molecule has 0 radical (unpaired) electrons. The van der Waals surface area contributed by atoms with Crippen LogP contribution in [0.2, 0.25) is 0 Å². The molecule has 2 unspecified atom stereocenters. The predicted octanol–water partition coefficient (Wildman–Crippen LogP) is -0.528. The normalized spacial score (nSPS) is 25.7. The van der Waals surface area contributed by atoms with Crippen LogP contribution in [-0.4, -0.2) is 62.1 Å². The van der Waals surface area contributed by atoms with E-state index in [2.05, 4.69) is 47.9 Å². The van der Waals surface area contributed by atoms with Crippen molar-refractivity contribution in [1.29, 1.82) is 0 Å². The molecule has 0 aromatic rings. The van der Waals surface area contributed by atoms with Crippen molar-refractivity contribution in [3.8, 4) is 0 Å². The Morgan fingerprint density at radius 2 is 1.87 bits per heavy atom. The second-order valence-electron chi connectivity index (χ2n) is 3.50. The van der Waals surface area contributed by atoms with Crippen LogP contribution in [0.1, 0.15) is 13.8 Å². The highest BCUT2D eigenvalue weighted by Gasteiger charge is 2.29. The van der Waals surface area contributed by atoms with Crippen LogP contribution in [-0.2, 0) is 14.6 Å². The standard InChI is InChI=1S/C7H15N2.CH4O4S/c1-6-7(2)9(4)5-8(6)3;1-5-6(2,3)4/h5-7H,1-4H3;1H3,(H,2,3,4)/q+1;/p-1. The molecular formula is C8H18N2O4S. The molecule has 90 valence electrons. The van der Waals surface area contributed by atoms with Gasteiger partial charge in [0.05, 0.1) is 21.2 Å². The Hall–Kier alpha value is -0.660. The van der Waals surface area contributed by atoms with Crippen molar-refractivity contribution in [2.75, 3.05) is 21.2 Å². The van der Waals surface area contributed by atoms with Crippen molar-refractivity contribution >= 4 is 16.7 Å². The number of nitrogens with zero attached hydrogens (tertiary/aromatic N) is 2. The zero-order chi connectivity index (χ0) is 12.2. The number of rotatable bonds is 1. The maximum Gasteiger partial charge on any atom is 0.234 e. The van der Waals surface area contributed by atoms with Crippen LogP contribution in [0.25, 0.3) is 0 Å². The van der Waals surface area contributed by atoms with Crippen LogP contribution in [0.4, 0.5) is 0 Å². The molecule has 15 heavy (non-hydrogen) atoms. The average Bonchev–Trinajstić information content (AvgIpc) is 2.33. The Labute approximate surface area is 91.1 Å². The van der Waals surface area contributed by atoms with Gasteiger partial charge in [0.25, 0.3) is 0 Å². The van der Waals surface area contributed by atoms with E-state index in [1.54, 1.807) is 0 Å². The van der Waals surface area contributed by atoms with E-state index in [4.69, 9.17) is 0 Å². The van der Waals surface area contributed by atoms with E-state index in [9.17, 15) is 13.0 Å². The van der Waals surface area contributed by atoms with Crippen LogP contribution in [0.5, 0.6) is 0 Å². The predicted molar refractivity (Wildman–Crippen MR) is 55.6 cm³/mol. The van der Waals surface area contributed by atoms with Gasteiger partial charge in [0.2, 0.25) is 16.7 Å². The van der Waals surface area contributed by atoms with Gasteiger partial charge in [-0.1, -0.05) is 0 Å². The first-order valence-corrected chi connectivity index (χ1v) is 5.82. The van der Waals surface area contributed by atoms with Gasteiger partial charge in [-0.15, -0.1) is 0 Å². The largest absolute Gasteiger partial charge is 0.726 e. The minimum atomic E-state index is -4.41. The van der Waals surface area contributed by atoms with E-state index >= 15 is 0 Å². The second kappa shape index (κ2) is 5.43. The van der Waals surface area contributed by atoms with Crippen molar-refractivity contribution in [3.05, 3.63) is 0 Å². The average molecular weight is 238 g/mol. The van der Waals surface area contributed by atoms with Crippen molar-refractivity contribution in [2.24, 2.45) is 0 Å². The van der Waals surface area contributed by atoms with Crippen molar-refractivity contribution in [2.45, 2.75) is 25.9 Å². The third-order valence-corrected chi connectivity index (χ3v) is 2.96. The summed E-state index contributed by atoms with van der Waals surface area (Å²) in [5, 5.41) is 0. The zero-order valence-electron chi connectivity index (χ0n) is 9.67. The third-order valence-electron chi connectivity index (χ3n) is 2.55. The molecule has 0 saturated carbocycles. The molecule has 6 nitrogen and oxygen atoms in total. The summed E-state index contributed by atoms with van der Waals surface area (Å²) in [6.07, 6.45) is 2.15. The summed E-state index contributed by atoms with van der Waals surface area (Å²) < 4.78 is 33.3. The van der Waals surface area contributed by atoms with Gasteiger partial charge < -0.3 is 4.55 Å². The Morgan fingerprint density at radius 3 is 1.93 bits per heavy atom. The monoisotopic (exact) mass is 238 g/mol. The topological polar surface area (TPSA) is 72.7 Å². The quantitative estimate of drug-likeness (QED) is 0.349. The summed E-state index contributed by atoms with van der Waals surface area (Å²) in [6, 6.07) is 1.32. The van der Waals surface area contributed by atoms with Crippen LogP contribution in [0.15, 0.2) is 0 Å². The lowest BCUT2D eigenvalue weighted by Gasteiger charge is -2.10. The molecule has 0 fully saturated rings. The first-order chi connectivity index (χ1) is 6.69. The fourth-order valence-electron chi connectivity index (χ4n) is 1.18. The SMILES string of the molecule is CC1C(C)[N+](C)=CN1C.COS(=O)(=O)[O-]. The lowest BCUT2D eigenvalue weighted by Crippen LogP contribution is -2.30. The van der Waals surface area contributed by atoms with Gasteiger partial charge in [-0.05, 0) is 13.8 Å². The Bertz CT molecular complexity index is 326. The van der Waals surface area contributed by atoms with Gasteiger partial charge >= 0.3 is 0 Å². The maximum atomic E-state index is 9.22. The lowest BCUT2D eigenvalue weighted by molar-refractivity contribution is -0.522. The maximum absolute atomic E-state index is 9.22. The van der Waals surface area contributed by atoms with E-state index < -0.39 is 10.4 Å². The van der Waals surface area contributed by atoms with Crippen molar-refractivity contribution in [1.82, 2.24) is 4.90 Å². The summed E-state index contributed by atoms with van der Waals surface area (Å²) in [5.41, 5.74) is 0. The van der Waals surface area contributed by atoms with Gasteiger partial charge in [-0.2, -0.15) is 0 Å². The molecule has 7 heteroatoms. The highest BCUT2D eigenvalue weighted by molar-refractivity contribution is 7.80. The molecule has 0 aromatic heterocycles. The van der Waals surface area contributed by atoms with Gasteiger partial charge in [-0.25, -0.2) is 8.42 Å². The molecule has 2 atom stereocenters. The summed E-state index contributed by atoms with van der Waals surface area (Å²) in [5.74, 6) is 0. The van der Waals surface area contributed by atoms with E-state index in [0.717, 1.165) is 7.11 Å². The van der Waals surface area contributed by atoms with Gasteiger partial charge in [0.1, 0.15) is 12.1 Å². The molecule has 1 aliphatic rings. The molecule has 0 bridgehead atoms. The summed E-state index contributed by atoms with van der Waals surface area (Å²) in [4.78, 5) is 2.24. The molecule has 0 aromatic carbocycles. The highest BCUT2D eigenvalue weighted by atomic mass is 32.3. The lowest BCUT2D eigenvalue weighted by atomic mass is 10.2. The van der Waals surface area contributed by atoms with E-state index in [1.807, 2.05) is 0 Å². The molecule has 1 rings (SSSR count). The first kappa shape index (κ1) is 14.3. The Morgan fingerprint density at radius 1 is 1.47 bits per heavy atom. The fourth-order valence-corrected chi connectivity index (χ4v) is 1.18. The summed E-state index contributed by atoms with van der Waals surface area (Å²) in [7, 11) is 0.627. The molecule has 1 aliphatic heterocycles. The number of hydrogen-bond acceptors (Lipinski definition) is 5. The molecule has 1 heterocycles. The zero-order valence-corrected chi connectivity index (χ0v) is 10.5. The molecule has 0 N–H and O–H groups in total. The highest BCUT2D eigenvalue weighted by Crippen LogP contribution is 2.07. The molecule has 0 aliphatic carbocycles. The van der Waals surface area contributed by atoms with Crippen LogP contribution < -0.4 is 0 Å². The third kappa shape index (κ3) is 5.10. The van der Waals surface area contributed by atoms with Gasteiger partial charge in [-0.3, -0.25) is 13.7 Å². The molecule has 0 saturated heterocycles. The van der Waals surface area contributed by atoms with Crippen LogP contribution in [0, 0.1) is 0 Å². The fraction of sp³-hybridized carbons (Fsp3) is 0.875. The molecular weight excluding hydrogens is 220 g/mol. The number of likely N-dealkylation sites (N-methyl/N-ethyl adjacent to an activating group) is 2. The van der Waals surface area contributed by atoms with E-state index in [0.29, 0.717) is 12.1 Å². The number of hydrogen-bond donors (Lipinski definition) is 0. The van der Waals surface area contributed by atoms with Gasteiger partial charge in [0, 0.05) is 0 Å². The van der Waals surface area contributed by atoms with Crippen molar-refractivity contribution < 1.29 is 21.7 Å². The van der Waals surface area contributed by atoms with E-state index in [-0.39, 0.29) is 0 Å². The van der Waals surface area contributed by atoms with Gasteiger partial charge in [0.15, 0.2) is 0 Å². The molecule has 0 amide bonds. The van der Waals surface area contributed by atoms with Crippen molar-refractivity contribution in [3.63, 3.8) is 0 Å². The van der Waals surface area contributed by atoms with E-state index in [1.165, 1.54) is 0 Å². The van der Waals surface area contributed by atoms with Crippen LogP contribution in [0.3, 0.4) is 0 Å². The second-order valence-corrected chi connectivity index (χ2v) is 4.65. The van der Waals surface area contributed by atoms with Crippen LogP contribution >= 0.6 is 0 Å². The minimum absolute atomic E-state index is 0.662. The summed E-state index contributed by atoms with van der Waals surface area (Å²) >= 11 is 0. The molecule has 0 spiro atoms. The Kier molecular flexibility index (Phi) is 5.19. The Balaban J connectivity index is 0.000000288. The minimum Gasteiger partial charge on any atom is -0.726 e. The first-order valence-electron chi connectivity index (χ1n) is 4.49. The smallest absolute Gasteiger partial charge is 0.234 e.